The van der Waals surface area contributed by atoms with E-state index >= 15 is 0 Å². The number of halogens is 1. The third-order valence-electron chi connectivity index (χ3n) is 7.44. The van der Waals surface area contributed by atoms with Gasteiger partial charge in [0.05, 0.1) is 28.6 Å². The van der Waals surface area contributed by atoms with E-state index in [4.69, 9.17) is 16.3 Å². The number of ether oxygens (including phenoxy) is 1. The fraction of sp³-hybridized carbons (Fsp3) is 0.500. The summed E-state index contributed by atoms with van der Waals surface area (Å²) >= 11 is 6.44. The van der Waals surface area contributed by atoms with Crippen molar-refractivity contribution in [2.45, 2.75) is 37.5 Å². The molecule has 0 aliphatic carbocycles. The fourth-order valence-corrected chi connectivity index (χ4v) is 6.27. The van der Waals surface area contributed by atoms with Gasteiger partial charge in [-0.1, -0.05) is 55.0 Å². The van der Waals surface area contributed by atoms with Crippen molar-refractivity contribution in [3.05, 3.63) is 53.6 Å². The lowest BCUT2D eigenvalue weighted by Gasteiger charge is -2.35. The Bertz CT molecular complexity index is 1090. The van der Waals surface area contributed by atoms with Crippen molar-refractivity contribution >= 4 is 35.0 Å². The number of nitrogens with zero attached hydrogens (tertiary/aromatic N) is 3. The molecule has 1 spiro atoms. The lowest BCUT2D eigenvalue weighted by atomic mass is 9.77. The fourth-order valence-electron chi connectivity index (χ4n) is 6.03. The zero-order valence-electron chi connectivity index (χ0n) is 19.7. The number of hydrogen-bond donors (Lipinski definition) is 1. The van der Waals surface area contributed by atoms with Crippen molar-refractivity contribution in [2.24, 2.45) is 11.8 Å². The molecule has 2 fully saturated rings. The smallest absolute Gasteiger partial charge is 0.253 e. The minimum atomic E-state index is -1.27. The number of aliphatic hydroxyl groups is 1. The van der Waals surface area contributed by atoms with Crippen LogP contribution in [0.5, 0.6) is 0 Å². The first-order valence-electron chi connectivity index (χ1n) is 12.2. The van der Waals surface area contributed by atoms with Crippen LogP contribution in [0.4, 0.5) is 5.69 Å². The van der Waals surface area contributed by atoms with Crippen molar-refractivity contribution in [3.63, 3.8) is 0 Å². The largest absolute Gasteiger partial charge is 0.396 e. The molecule has 35 heavy (non-hydrogen) atoms. The van der Waals surface area contributed by atoms with Gasteiger partial charge in [0, 0.05) is 32.8 Å². The molecular formula is C26H30ClN3O5. The Morgan fingerprint density at radius 1 is 1.09 bits per heavy atom. The van der Waals surface area contributed by atoms with E-state index in [1.165, 1.54) is 4.90 Å². The molecule has 2 saturated heterocycles. The van der Waals surface area contributed by atoms with Crippen molar-refractivity contribution in [3.8, 4) is 0 Å². The molecule has 186 valence electrons. The monoisotopic (exact) mass is 499 g/mol. The molecule has 0 aromatic heterocycles. The van der Waals surface area contributed by atoms with Gasteiger partial charge in [-0.25, -0.2) is 0 Å². The Hall–Kier alpha value is -2.68. The first kappa shape index (κ1) is 24.0. The van der Waals surface area contributed by atoms with E-state index in [9.17, 15) is 19.5 Å². The summed E-state index contributed by atoms with van der Waals surface area (Å²) in [6.45, 7) is 3.41. The van der Waals surface area contributed by atoms with Crippen LogP contribution in [0, 0.1) is 11.8 Å². The Morgan fingerprint density at radius 2 is 1.89 bits per heavy atom. The number of carbonyl (C=O) groups is 3. The van der Waals surface area contributed by atoms with Crippen molar-refractivity contribution in [2.75, 3.05) is 37.7 Å². The number of likely N-dealkylation sites (tertiary alicyclic amines) is 1. The molecule has 1 N–H and O–H groups in total. The SMILES string of the molecule is CCCN1CC=C[C@H]2O[C@]34C=CCN(c5ccccc5Cl)C(=O)C3N(CCCO)C(=O)[C@@H]4[C@H]2C1=O. The van der Waals surface area contributed by atoms with Crippen LogP contribution in [0.3, 0.4) is 0 Å². The Balaban J connectivity index is 1.60. The summed E-state index contributed by atoms with van der Waals surface area (Å²) < 4.78 is 6.58. The number of fused-ring (bicyclic) bond motifs is 2. The summed E-state index contributed by atoms with van der Waals surface area (Å²) in [6, 6.07) is 6.13. The van der Waals surface area contributed by atoms with E-state index in [1.54, 1.807) is 34.1 Å². The Labute approximate surface area is 209 Å². The predicted molar refractivity (Wildman–Crippen MR) is 131 cm³/mol. The number of para-hydroxylation sites is 1. The molecule has 0 radical (unpaired) electrons. The number of hydrogen-bond acceptors (Lipinski definition) is 5. The molecule has 0 bridgehead atoms. The first-order chi connectivity index (χ1) is 16.9. The highest BCUT2D eigenvalue weighted by Gasteiger charge is 2.71. The van der Waals surface area contributed by atoms with Gasteiger partial charge in [-0.05, 0) is 25.0 Å². The second-order valence-electron chi connectivity index (χ2n) is 9.47. The second-order valence-corrected chi connectivity index (χ2v) is 9.87. The number of benzene rings is 1. The van der Waals surface area contributed by atoms with Crippen LogP contribution < -0.4 is 4.90 Å². The molecule has 1 aromatic rings. The molecule has 1 aromatic carbocycles. The molecule has 5 rings (SSSR count). The third kappa shape index (κ3) is 3.70. The highest BCUT2D eigenvalue weighted by molar-refractivity contribution is 6.34. The molecule has 4 heterocycles. The molecule has 0 saturated carbocycles. The van der Waals surface area contributed by atoms with Crippen LogP contribution in [0.15, 0.2) is 48.6 Å². The van der Waals surface area contributed by atoms with Crippen molar-refractivity contribution in [1.29, 1.82) is 0 Å². The lowest BCUT2D eigenvalue weighted by molar-refractivity contribution is -0.144. The van der Waals surface area contributed by atoms with Gasteiger partial charge in [0.15, 0.2) is 0 Å². The maximum absolute atomic E-state index is 14.1. The van der Waals surface area contributed by atoms with E-state index in [0.29, 0.717) is 30.2 Å². The van der Waals surface area contributed by atoms with Crippen LogP contribution in [0.2, 0.25) is 5.02 Å². The standard InChI is InChI=1S/C26H30ClN3O5/c1-2-12-28-13-5-10-19-20(23(28)32)21-24(33)30(15-7-16-31)22-25(34)29(14-6-11-26(21,22)35-19)18-9-4-3-8-17(18)27/h3-6,8-11,19-22,31H,2,7,12-16H2,1H3/t19-,20+,21+,22?,26+/m1/s1. The van der Waals surface area contributed by atoms with Crippen LogP contribution in [-0.2, 0) is 19.1 Å². The number of carbonyl (C=O) groups excluding carboxylic acids is 3. The van der Waals surface area contributed by atoms with Crippen LogP contribution in [0.1, 0.15) is 19.8 Å². The average molecular weight is 500 g/mol. The number of amides is 3. The maximum atomic E-state index is 14.1. The van der Waals surface area contributed by atoms with E-state index in [-0.39, 0.29) is 37.4 Å². The van der Waals surface area contributed by atoms with Gasteiger partial charge >= 0.3 is 0 Å². The van der Waals surface area contributed by atoms with E-state index in [2.05, 4.69) is 0 Å². The van der Waals surface area contributed by atoms with Crippen molar-refractivity contribution < 1.29 is 24.2 Å². The Kier molecular flexibility index (Phi) is 6.46. The summed E-state index contributed by atoms with van der Waals surface area (Å²) in [5.74, 6) is -2.24. The molecule has 3 amide bonds. The van der Waals surface area contributed by atoms with Gasteiger partial charge in [0.2, 0.25) is 11.8 Å². The Morgan fingerprint density at radius 3 is 2.63 bits per heavy atom. The lowest BCUT2D eigenvalue weighted by Crippen LogP contribution is -2.55. The topological polar surface area (TPSA) is 90.4 Å². The summed E-state index contributed by atoms with van der Waals surface area (Å²) in [7, 11) is 0. The molecule has 1 unspecified atom stereocenters. The van der Waals surface area contributed by atoms with E-state index in [1.807, 2.05) is 31.2 Å². The second kappa shape index (κ2) is 9.41. The number of rotatable bonds is 6. The molecular weight excluding hydrogens is 470 g/mol. The summed E-state index contributed by atoms with van der Waals surface area (Å²) in [6.07, 6.45) is 7.95. The number of anilines is 1. The molecule has 4 aliphatic rings. The minimum Gasteiger partial charge on any atom is -0.396 e. The van der Waals surface area contributed by atoms with Crippen LogP contribution >= 0.6 is 11.6 Å². The summed E-state index contributed by atoms with van der Waals surface area (Å²) in [5, 5.41) is 9.92. The highest BCUT2D eigenvalue weighted by atomic mass is 35.5. The maximum Gasteiger partial charge on any atom is 0.253 e. The van der Waals surface area contributed by atoms with Crippen LogP contribution in [-0.4, -0.2) is 83.2 Å². The zero-order chi connectivity index (χ0) is 24.7. The van der Waals surface area contributed by atoms with Gasteiger partial charge in [-0.3, -0.25) is 14.4 Å². The van der Waals surface area contributed by atoms with Gasteiger partial charge < -0.3 is 24.5 Å². The van der Waals surface area contributed by atoms with Crippen molar-refractivity contribution in [1.82, 2.24) is 9.80 Å². The zero-order valence-corrected chi connectivity index (χ0v) is 20.4. The first-order valence-corrected chi connectivity index (χ1v) is 12.6. The van der Waals surface area contributed by atoms with Gasteiger partial charge in [0.1, 0.15) is 11.6 Å². The molecule has 8 nitrogen and oxygen atoms in total. The normalized spacial score (nSPS) is 32.0. The summed E-state index contributed by atoms with van der Waals surface area (Å²) in [4.78, 5) is 46.6. The minimum absolute atomic E-state index is 0.118. The average Bonchev–Trinajstić information content (AvgIpc) is 3.16. The predicted octanol–water partition coefficient (Wildman–Crippen LogP) is 2.01. The van der Waals surface area contributed by atoms with Gasteiger partial charge in [-0.15, -0.1) is 0 Å². The third-order valence-corrected chi connectivity index (χ3v) is 7.76. The van der Waals surface area contributed by atoms with E-state index in [0.717, 1.165) is 6.42 Å². The van der Waals surface area contributed by atoms with E-state index < -0.39 is 29.6 Å². The van der Waals surface area contributed by atoms with Gasteiger partial charge in [-0.2, -0.15) is 0 Å². The molecule has 4 aliphatic heterocycles. The van der Waals surface area contributed by atoms with Crippen LogP contribution in [0.25, 0.3) is 0 Å². The quantitative estimate of drug-likeness (QED) is 0.605. The number of aliphatic hydroxyl groups excluding tert-OH is 1. The van der Waals surface area contributed by atoms with Gasteiger partial charge in [0.25, 0.3) is 5.91 Å². The molecule has 5 atom stereocenters. The molecule has 9 heteroatoms. The summed E-state index contributed by atoms with van der Waals surface area (Å²) in [5.41, 5.74) is -0.722. The highest BCUT2D eigenvalue weighted by Crippen LogP contribution is 2.53.